The van der Waals surface area contributed by atoms with Crippen LogP contribution in [0.1, 0.15) is 74.1 Å². The maximum Gasteiger partial charge on any atom is 0.434 e. The van der Waals surface area contributed by atoms with Crippen LogP contribution in [0, 0.1) is 23.7 Å². The van der Waals surface area contributed by atoms with E-state index in [1.54, 1.807) is 21.0 Å². The first-order valence-corrected chi connectivity index (χ1v) is 19.4. The summed E-state index contributed by atoms with van der Waals surface area (Å²) in [6, 6.07) is -2.34. The van der Waals surface area contributed by atoms with Gasteiger partial charge in [-0.25, -0.2) is 15.2 Å². The van der Waals surface area contributed by atoms with Gasteiger partial charge in [0, 0.05) is 37.5 Å². The normalized spacial score (nSPS) is 40.5. The number of nitrogens with zero attached hydrogens (tertiary/aromatic N) is 2. The van der Waals surface area contributed by atoms with Crippen LogP contribution in [0.15, 0.2) is 0 Å². The van der Waals surface area contributed by atoms with Crippen molar-refractivity contribution in [3.63, 3.8) is 0 Å². The number of ketones is 2. The van der Waals surface area contributed by atoms with Crippen LogP contribution in [-0.2, 0) is 38.1 Å². The Balaban J connectivity index is 2.21. The van der Waals surface area contributed by atoms with E-state index in [0.29, 0.717) is 17.9 Å². The number of Topliss-reactive ketones (excluding diaryl/α,β-unsaturated/α-hetero) is 2. The lowest BCUT2D eigenvalue weighted by Gasteiger charge is -2.47. The van der Waals surface area contributed by atoms with Gasteiger partial charge in [-0.05, 0) is 54.1 Å². The van der Waals surface area contributed by atoms with E-state index in [1.165, 1.54) is 41.7 Å². The summed E-state index contributed by atoms with van der Waals surface area (Å²) in [4.78, 5) is 57.3. The number of aliphatic hydroxyl groups excluding tert-OH is 1. The molecule has 2 N–H and O–H groups in total. The average molecular weight is 752 g/mol. The largest absolute Gasteiger partial charge is 0.457 e. The number of hydrogen-bond acceptors (Lipinski definition) is 12. The van der Waals surface area contributed by atoms with Crippen molar-refractivity contribution in [3.8, 4) is 0 Å². The van der Waals surface area contributed by atoms with Crippen molar-refractivity contribution in [1.82, 2.24) is 15.3 Å². The number of rotatable bonds is 9. The molecule has 4 unspecified atom stereocenters. The lowest BCUT2D eigenvalue weighted by Crippen LogP contribution is -2.68. The number of fused-ring (bicyclic) bond motifs is 1. The number of halogens is 3. The molecule has 1 amide bonds. The zero-order valence-corrected chi connectivity index (χ0v) is 33.7. The van der Waals surface area contributed by atoms with Gasteiger partial charge in [0.25, 0.3) is 5.60 Å². The van der Waals surface area contributed by atoms with Crippen LogP contribution in [0.4, 0.5) is 18.0 Å². The third-order valence-electron chi connectivity index (χ3n) is 11.0. The molecule has 3 heterocycles. The zero-order chi connectivity index (χ0) is 38.8. The number of methoxy groups -OCH3 is 1. The highest BCUT2D eigenvalue weighted by molar-refractivity contribution is 6.08. The van der Waals surface area contributed by atoms with E-state index in [1.807, 2.05) is 11.8 Å². The number of amides is 1. The number of hydrogen-bond donors (Lipinski definition) is 2. The summed E-state index contributed by atoms with van der Waals surface area (Å²) in [6.07, 6.45) is -12.2. The molecular weight excluding hydrogens is 694 g/mol. The molecule has 0 aliphatic carbocycles. The number of ether oxygens (including phenoxy) is 5. The van der Waals surface area contributed by atoms with E-state index in [2.05, 4.69) is 5.43 Å². The van der Waals surface area contributed by atoms with Crippen LogP contribution in [-0.4, -0.2) is 143 Å². The number of carbonyl (C=O) groups excluding carboxylic acids is 4. The van der Waals surface area contributed by atoms with Crippen molar-refractivity contribution in [2.24, 2.45) is 23.7 Å². The summed E-state index contributed by atoms with van der Waals surface area (Å²) in [5.41, 5.74) is -2.17. The lowest BCUT2D eigenvalue weighted by molar-refractivity contribution is -0.296. The monoisotopic (exact) mass is 751 g/mol. The van der Waals surface area contributed by atoms with Gasteiger partial charge in [0.1, 0.15) is 23.8 Å². The second-order valence-electron chi connectivity index (χ2n) is 14.9. The summed E-state index contributed by atoms with van der Waals surface area (Å²) in [6.45, 7) is 10.5. The number of esters is 1. The molecule has 0 aromatic heterocycles. The molecule has 0 radical (unpaired) electrons. The molecule has 3 fully saturated rings. The van der Waals surface area contributed by atoms with Crippen LogP contribution in [0.5, 0.6) is 0 Å². The molecule has 0 aromatic carbocycles. The Kier molecular flexibility index (Phi) is 14.6. The molecule has 0 aromatic rings. The van der Waals surface area contributed by atoms with E-state index in [-0.39, 0.29) is 25.1 Å². The molecule has 13 nitrogen and oxygen atoms in total. The van der Waals surface area contributed by atoms with Crippen LogP contribution in [0.2, 0.25) is 5.28 Å². The van der Waals surface area contributed by atoms with E-state index in [0.717, 1.165) is 21.6 Å². The topological polar surface area (TPSA) is 153 Å². The van der Waals surface area contributed by atoms with Crippen LogP contribution in [0.25, 0.3) is 0 Å². The fraction of sp³-hybridized carbons (Fsp3) is 0.882. The highest BCUT2D eigenvalue weighted by Crippen LogP contribution is 2.50. The Labute approximate surface area is 306 Å². The molecule has 13 atom stereocenters. The van der Waals surface area contributed by atoms with Gasteiger partial charge in [-0.15, -0.1) is 0 Å². The summed E-state index contributed by atoms with van der Waals surface area (Å²) in [5.74, 6) is -7.90. The molecule has 3 aliphatic heterocycles. The fourth-order valence-corrected chi connectivity index (χ4v) is 8.31. The number of cyclic esters (lactones) is 1. The molecule has 3 saturated heterocycles. The van der Waals surface area contributed by atoms with Gasteiger partial charge in [0.2, 0.25) is 16.3 Å². The second kappa shape index (κ2) is 17.1. The number of alkyl halides is 3. The number of nitrogens with one attached hydrogen (secondary N) is 1. The van der Waals surface area contributed by atoms with Gasteiger partial charge in [-0.2, -0.15) is 13.2 Å². The molecule has 17 heteroatoms. The first-order valence-electron chi connectivity index (χ1n) is 17.9. The van der Waals surface area contributed by atoms with E-state index >= 15 is 13.2 Å². The molecule has 0 saturated carbocycles. The SMILES string of the molecule is CCC1OC(=O)[C@H](C)C(=O)C(C)[C@@H](O[C@@H]2OC(C)CC(N(C)C)[C@H]2O)[C@@](C)(OC)C[C@@H](C)C(=O)[C@H](C)[C@H]2N(NCC[CH2][AlH2])C(=O)O[C@]12C(F)(F)F. The average Bonchev–Trinajstić information content (AvgIpc) is 3.37. The van der Waals surface area contributed by atoms with Crippen molar-refractivity contribution >= 4 is 39.9 Å². The first-order chi connectivity index (χ1) is 23.6. The molecule has 292 valence electrons. The van der Waals surface area contributed by atoms with E-state index in [4.69, 9.17) is 23.7 Å². The number of aliphatic hydroxyl groups is 1. The van der Waals surface area contributed by atoms with Gasteiger partial charge >= 0.3 is 18.2 Å². The highest BCUT2D eigenvalue weighted by atomic mass is 27.0. The molecule has 51 heavy (non-hydrogen) atoms. The Morgan fingerprint density at radius 3 is 2.24 bits per heavy atom. The maximum atomic E-state index is 15.5. The van der Waals surface area contributed by atoms with Crippen molar-refractivity contribution in [2.75, 3.05) is 27.7 Å². The minimum atomic E-state index is -5.31. The third-order valence-corrected chi connectivity index (χ3v) is 11.7. The van der Waals surface area contributed by atoms with Crippen molar-refractivity contribution in [3.05, 3.63) is 0 Å². The summed E-state index contributed by atoms with van der Waals surface area (Å²) in [5, 5.41) is 12.8. The number of hydrazine groups is 1. The standard InChI is InChI=1S/C34H55F3N3O10.Al.2H/c1-12-14-38-40-27-19(5)24(41)17(3)16-32(8,46-11)28(49-30-26(43)22(39(9)10)15-18(4)47-30)20(6)25(42)21(7)29(44)48-23(13-2)33(27,34(35,36)37)50-31(40)45;;;/h17-23,26-28,30,38,43H,1,12-16H2,2-11H3;;;/t17-,18?,19+,20?,21-,22?,23?,26-,27-,28-,30+,32+,33-;;;/m1.../s1. The summed E-state index contributed by atoms with van der Waals surface area (Å²) >= 11 is 0.829. The Morgan fingerprint density at radius 1 is 1.08 bits per heavy atom. The molecule has 3 aliphatic rings. The van der Waals surface area contributed by atoms with Gasteiger partial charge in [-0.3, -0.25) is 14.4 Å². The smallest absolute Gasteiger partial charge is 0.434 e. The van der Waals surface area contributed by atoms with Gasteiger partial charge in [0.15, 0.2) is 18.2 Å². The molecule has 3 rings (SSSR count). The van der Waals surface area contributed by atoms with Crippen molar-refractivity contribution in [1.29, 1.82) is 0 Å². The van der Waals surface area contributed by atoms with E-state index in [9.17, 15) is 24.3 Å². The molecular formula is C34H57AlF3N3O10. The fourth-order valence-electron chi connectivity index (χ4n) is 7.95. The van der Waals surface area contributed by atoms with Crippen molar-refractivity contribution in [2.45, 2.75) is 140 Å². The lowest BCUT2D eigenvalue weighted by atomic mass is 9.72. The van der Waals surface area contributed by atoms with Gasteiger partial charge < -0.3 is 33.7 Å². The predicted molar refractivity (Wildman–Crippen MR) is 181 cm³/mol. The van der Waals surface area contributed by atoms with Gasteiger partial charge in [0.05, 0.1) is 17.8 Å². The first kappa shape index (κ1) is 43.6. The van der Waals surface area contributed by atoms with Crippen LogP contribution in [0.3, 0.4) is 0 Å². The second-order valence-corrected chi connectivity index (χ2v) is 15.9. The third kappa shape index (κ3) is 8.61. The summed E-state index contributed by atoms with van der Waals surface area (Å²) < 4.78 is 75.8. The van der Waals surface area contributed by atoms with Gasteiger partial charge in [-0.1, -0.05) is 39.4 Å². The molecule has 0 bridgehead atoms. The minimum Gasteiger partial charge on any atom is -0.457 e. The number of carbonyl (C=O) groups is 4. The van der Waals surface area contributed by atoms with Crippen LogP contribution >= 0.6 is 0 Å². The quantitative estimate of drug-likeness (QED) is 0.154. The van der Waals surface area contributed by atoms with Crippen molar-refractivity contribution < 1.29 is 61.1 Å². The highest BCUT2D eigenvalue weighted by Gasteiger charge is 2.75. The summed E-state index contributed by atoms with van der Waals surface area (Å²) in [7, 11) is 4.96. The number of likely N-dealkylation sites (N-methyl/N-ethyl adjacent to an activating group) is 1. The van der Waals surface area contributed by atoms with E-state index < -0.39 is 102 Å². The molecule has 0 spiro atoms. The Hall–Kier alpha value is -1.84. The minimum absolute atomic E-state index is 0.142. The van der Waals surface area contributed by atoms with Crippen LogP contribution < -0.4 is 5.43 Å². The zero-order valence-electron chi connectivity index (χ0n) is 31.7. The maximum absolute atomic E-state index is 15.5. The Morgan fingerprint density at radius 2 is 1.71 bits per heavy atom. The Bertz CT molecular complexity index is 1260. The predicted octanol–water partition coefficient (Wildman–Crippen LogP) is 2.68.